The number of aliphatic carboxylic acids is 1. The summed E-state index contributed by atoms with van der Waals surface area (Å²) < 4.78 is 26.5. The number of halogens is 1. The number of sulfonamides is 1. The highest BCUT2D eigenvalue weighted by Gasteiger charge is 2.05. The van der Waals surface area contributed by atoms with Crippen LogP contribution in [0.25, 0.3) is 6.08 Å². The lowest BCUT2D eigenvalue weighted by atomic mass is 10.1. The van der Waals surface area contributed by atoms with Crippen molar-refractivity contribution in [2.75, 3.05) is 6.54 Å². The van der Waals surface area contributed by atoms with Gasteiger partial charge in [-0.15, -0.1) is 0 Å². The second-order valence-corrected chi connectivity index (χ2v) is 7.84. The lowest BCUT2D eigenvalue weighted by Crippen LogP contribution is -2.23. The van der Waals surface area contributed by atoms with E-state index in [1.807, 2.05) is 24.3 Å². The number of carboxylic acid groups (broad SMARTS) is 1. The number of carbonyl (C=O) groups is 1. The minimum Gasteiger partial charge on any atom is -0.481 e. The Bertz CT molecular complexity index is 859. The van der Waals surface area contributed by atoms with Crippen LogP contribution < -0.4 is 4.72 Å². The number of benzene rings is 2. The summed E-state index contributed by atoms with van der Waals surface area (Å²) in [6, 6.07) is 14.4. The van der Waals surface area contributed by atoms with E-state index < -0.39 is 16.0 Å². The van der Waals surface area contributed by atoms with Gasteiger partial charge in [-0.1, -0.05) is 48.0 Å². The van der Waals surface area contributed by atoms with E-state index in [1.54, 1.807) is 24.3 Å². The molecule has 7 heteroatoms. The highest BCUT2D eigenvalue weighted by atomic mass is 35.5. The average Bonchev–Trinajstić information content (AvgIpc) is 2.60. The zero-order chi connectivity index (χ0) is 19.0. The van der Waals surface area contributed by atoms with Crippen molar-refractivity contribution in [3.63, 3.8) is 0 Å². The van der Waals surface area contributed by atoms with E-state index in [4.69, 9.17) is 16.7 Å². The Morgan fingerprint density at radius 1 is 1.00 bits per heavy atom. The van der Waals surface area contributed by atoms with Gasteiger partial charge in [-0.3, -0.25) is 4.79 Å². The SMILES string of the molecule is O=C(O)CCc1ccc(CCNS(=O)(=O)/C=C/c2ccc(Cl)cc2)cc1. The minimum absolute atomic E-state index is 0.0963. The molecule has 2 aromatic rings. The smallest absolute Gasteiger partial charge is 0.303 e. The van der Waals surface area contributed by atoms with Gasteiger partial charge in [0.15, 0.2) is 0 Å². The zero-order valence-electron chi connectivity index (χ0n) is 14.1. The summed E-state index contributed by atoms with van der Waals surface area (Å²) in [4.78, 5) is 10.6. The van der Waals surface area contributed by atoms with Crippen LogP contribution in [-0.4, -0.2) is 26.0 Å². The Hall–Kier alpha value is -2.15. The Labute approximate surface area is 158 Å². The third kappa shape index (κ3) is 7.39. The zero-order valence-corrected chi connectivity index (χ0v) is 15.6. The summed E-state index contributed by atoms with van der Waals surface area (Å²) in [5.41, 5.74) is 2.67. The van der Waals surface area contributed by atoms with E-state index in [0.717, 1.165) is 22.1 Å². The molecule has 0 radical (unpaired) electrons. The average molecular weight is 394 g/mol. The molecule has 5 nitrogen and oxygen atoms in total. The van der Waals surface area contributed by atoms with Crippen LogP contribution in [0.1, 0.15) is 23.1 Å². The van der Waals surface area contributed by atoms with Crippen LogP contribution in [0.2, 0.25) is 5.02 Å². The molecule has 0 amide bonds. The van der Waals surface area contributed by atoms with Gasteiger partial charge in [0, 0.05) is 23.4 Å². The van der Waals surface area contributed by atoms with Gasteiger partial charge >= 0.3 is 5.97 Å². The van der Waals surface area contributed by atoms with Crippen LogP contribution in [-0.2, 0) is 27.7 Å². The molecule has 138 valence electrons. The summed E-state index contributed by atoms with van der Waals surface area (Å²) in [6.07, 6.45) is 2.64. The van der Waals surface area contributed by atoms with Gasteiger partial charge in [-0.25, -0.2) is 13.1 Å². The van der Waals surface area contributed by atoms with Gasteiger partial charge in [-0.05, 0) is 47.7 Å². The van der Waals surface area contributed by atoms with Gasteiger partial charge in [-0.2, -0.15) is 0 Å². The van der Waals surface area contributed by atoms with E-state index in [-0.39, 0.29) is 13.0 Å². The first-order chi connectivity index (χ1) is 12.3. The molecule has 2 aromatic carbocycles. The molecule has 0 aliphatic heterocycles. The van der Waals surface area contributed by atoms with Crippen LogP contribution in [0.3, 0.4) is 0 Å². The molecule has 0 aliphatic rings. The van der Waals surface area contributed by atoms with Crippen molar-refractivity contribution in [3.8, 4) is 0 Å². The van der Waals surface area contributed by atoms with Crippen molar-refractivity contribution in [1.29, 1.82) is 0 Å². The summed E-state index contributed by atoms with van der Waals surface area (Å²) in [5, 5.41) is 10.4. The molecule has 0 aromatic heterocycles. The minimum atomic E-state index is -3.52. The molecule has 0 fully saturated rings. The van der Waals surface area contributed by atoms with Crippen LogP contribution in [0.4, 0.5) is 0 Å². The number of hydrogen-bond donors (Lipinski definition) is 2. The molecule has 0 saturated heterocycles. The molecule has 26 heavy (non-hydrogen) atoms. The van der Waals surface area contributed by atoms with E-state index in [2.05, 4.69) is 4.72 Å². The van der Waals surface area contributed by atoms with Crippen molar-refractivity contribution in [2.45, 2.75) is 19.3 Å². The van der Waals surface area contributed by atoms with E-state index in [0.29, 0.717) is 17.9 Å². The quantitative estimate of drug-likeness (QED) is 0.683. The van der Waals surface area contributed by atoms with Crippen LogP contribution in [0.5, 0.6) is 0 Å². The number of carboxylic acids is 1. The van der Waals surface area contributed by atoms with E-state index in [1.165, 1.54) is 6.08 Å². The molecule has 0 bridgehead atoms. The standard InChI is InChI=1S/C19H20ClNO4S/c20-18-8-5-17(6-9-18)12-14-26(24,25)21-13-11-16-3-1-15(2-4-16)7-10-19(22)23/h1-6,8-9,12,14,21H,7,10-11,13H2,(H,22,23)/b14-12+. The van der Waals surface area contributed by atoms with Crippen molar-refractivity contribution >= 4 is 33.7 Å². The number of nitrogens with one attached hydrogen (secondary N) is 1. The molecule has 0 saturated carbocycles. The van der Waals surface area contributed by atoms with Gasteiger partial charge in [0.25, 0.3) is 0 Å². The highest BCUT2D eigenvalue weighted by Crippen LogP contribution is 2.11. The first-order valence-corrected chi connectivity index (χ1v) is 9.99. The largest absolute Gasteiger partial charge is 0.481 e. The molecular weight excluding hydrogens is 374 g/mol. The Morgan fingerprint density at radius 3 is 2.15 bits per heavy atom. The predicted octanol–water partition coefficient (Wildman–Crippen LogP) is 3.49. The topological polar surface area (TPSA) is 83.5 Å². The van der Waals surface area contributed by atoms with Crippen molar-refractivity contribution in [2.24, 2.45) is 0 Å². The molecule has 0 unspecified atom stereocenters. The molecule has 0 spiro atoms. The Balaban J connectivity index is 1.82. The first-order valence-electron chi connectivity index (χ1n) is 8.07. The van der Waals surface area contributed by atoms with Crippen molar-refractivity contribution in [1.82, 2.24) is 4.72 Å². The fourth-order valence-electron chi connectivity index (χ4n) is 2.25. The number of aryl methyl sites for hydroxylation is 1. The van der Waals surface area contributed by atoms with E-state index >= 15 is 0 Å². The Kier molecular flexibility index (Phi) is 7.38. The molecule has 0 aliphatic carbocycles. The number of rotatable bonds is 9. The lowest BCUT2D eigenvalue weighted by Gasteiger charge is -2.05. The molecule has 0 atom stereocenters. The van der Waals surface area contributed by atoms with Crippen LogP contribution >= 0.6 is 11.6 Å². The summed E-state index contributed by atoms with van der Waals surface area (Å²) >= 11 is 5.79. The van der Waals surface area contributed by atoms with Gasteiger partial charge in [0.1, 0.15) is 0 Å². The maximum absolute atomic E-state index is 12.0. The van der Waals surface area contributed by atoms with Crippen LogP contribution in [0.15, 0.2) is 53.9 Å². The second kappa shape index (κ2) is 9.52. The summed E-state index contributed by atoms with van der Waals surface area (Å²) in [6.45, 7) is 0.280. The fraction of sp³-hybridized carbons (Fsp3) is 0.211. The predicted molar refractivity (Wildman–Crippen MR) is 104 cm³/mol. The molecule has 2 N–H and O–H groups in total. The third-order valence-electron chi connectivity index (χ3n) is 3.68. The summed E-state index contributed by atoms with van der Waals surface area (Å²) in [5.74, 6) is -0.824. The van der Waals surface area contributed by atoms with Crippen molar-refractivity contribution in [3.05, 3.63) is 75.7 Å². The maximum Gasteiger partial charge on any atom is 0.303 e. The summed E-state index contributed by atoms with van der Waals surface area (Å²) in [7, 11) is -3.52. The maximum atomic E-state index is 12.0. The Morgan fingerprint density at radius 2 is 1.58 bits per heavy atom. The third-order valence-corrected chi connectivity index (χ3v) is 5.03. The highest BCUT2D eigenvalue weighted by molar-refractivity contribution is 7.92. The monoisotopic (exact) mass is 393 g/mol. The first kappa shape index (κ1) is 20.2. The van der Waals surface area contributed by atoms with Crippen molar-refractivity contribution < 1.29 is 18.3 Å². The second-order valence-electron chi connectivity index (χ2n) is 5.75. The van der Waals surface area contributed by atoms with Crippen LogP contribution in [0, 0.1) is 0 Å². The number of hydrogen-bond acceptors (Lipinski definition) is 3. The van der Waals surface area contributed by atoms with Gasteiger partial charge < -0.3 is 5.11 Å². The van der Waals surface area contributed by atoms with Gasteiger partial charge in [0.05, 0.1) is 0 Å². The molecular formula is C19H20ClNO4S. The normalized spacial score (nSPS) is 11.7. The van der Waals surface area contributed by atoms with E-state index in [9.17, 15) is 13.2 Å². The fourth-order valence-corrected chi connectivity index (χ4v) is 3.20. The molecule has 2 rings (SSSR count). The lowest BCUT2D eigenvalue weighted by molar-refractivity contribution is -0.136. The molecule has 0 heterocycles. The van der Waals surface area contributed by atoms with Gasteiger partial charge in [0.2, 0.25) is 10.0 Å².